The molecule has 0 radical (unpaired) electrons. The molecule has 0 heterocycles. The van der Waals surface area contributed by atoms with Crippen molar-refractivity contribution in [2.75, 3.05) is 30.9 Å². The fraction of sp³-hybridized carbons (Fsp3) is 0.261. The topological polar surface area (TPSA) is 41.6 Å². The molecular formula is C23H23ClN2O2. The van der Waals surface area contributed by atoms with Gasteiger partial charge in [0.15, 0.2) is 0 Å². The molecule has 0 aliphatic carbocycles. The van der Waals surface area contributed by atoms with Crippen molar-refractivity contribution in [1.29, 1.82) is 0 Å². The molecule has 4 nitrogen and oxygen atoms in total. The number of nitrogens with one attached hydrogen (secondary N) is 1. The van der Waals surface area contributed by atoms with Gasteiger partial charge in [-0.1, -0.05) is 23.4 Å². The van der Waals surface area contributed by atoms with Crippen LogP contribution in [0, 0.1) is 23.7 Å². The number of carbonyl (C=O) groups is 1. The third-order valence-electron chi connectivity index (χ3n) is 3.76. The second-order valence-electron chi connectivity index (χ2n) is 6.22. The summed E-state index contributed by atoms with van der Waals surface area (Å²) in [5.74, 6) is 11.8. The number of benzene rings is 2. The van der Waals surface area contributed by atoms with Gasteiger partial charge in [0, 0.05) is 42.5 Å². The van der Waals surface area contributed by atoms with E-state index in [0.29, 0.717) is 17.3 Å². The number of anilines is 2. The van der Waals surface area contributed by atoms with E-state index in [4.69, 9.17) is 16.3 Å². The average molecular weight is 395 g/mol. The average Bonchev–Trinajstić information content (AvgIpc) is 2.69. The van der Waals surface area contributed by atoms with Crippen molar-refractivity contribution in [3.8, 4) is 23.7 Å². The second kappa shape index (κ2) is 11.6. The lowest BCUT2D eigenvalue weighted by Gasteiger charge is -2.11. The van der Waals surface area contributed by atoms with Crippen LogP contribution >= 0.6 is 11.6 Å². The SMILES string of the molecule is CN(C)c1ccc(C#CC#CCCCCOC(=O)Nc2ccc(Cl)cc2)cc1. The second-order valence-corrected chi connectivity index (χ2v) is 6.65. The summed E-state index contributed by atoms with van der Waals surface area (Å²) in [6.45, 7) is 0.352. The zero-order valence-corrected chi connectivity index (χ0v) is 16.8. The minimum Gasteiger partial charge on any atom is -0.449 e. The van der Waals surface area contributed by atoms with Crippen LogP contribution in [0.15, 0.2) is 48.5 Å². The molecule has 0 saturated heterocycles. The largest absolute Gasteiger partial charge is 0.449 e. The number of halogens is 1. The molecular weight excluding hydrogens is 372 g/mol. The Balaban J connectivity index is 1.59. The first-order valence-corrected chi connectivity index (χ1v) is 9.38. The van der Waals surface area contributed by atoms with E-state index in [-0.39, 0.29) is 0 Å². The maximum absolute atomic E-state index is 11.6. The Hall–Kier alpha value is -3.08. The Labute approximate surface area is 171 Å². The third-order valence-corrected chi connectivity index (χ3v) is 4.01. The quantitative estimate of drug-likeness (QED) is 0.542. The predicted molar refractivity (Wildman–Crippen MR) is 116 cm³/mol. The lowest BCUT2D eigenvalue weighted by molar-refractivity contribution is 0.159. The van der Waals surface area contributed by atoms with Crippen molar-refractivity contribution in [2.24, 2.45) is 0 Å². The Morgan fingerprint density at radius 2 is 1.75 bits per heavy atom. The number of hydrogen-bond donors (Lipinski definition) is 1. The zero-order chi connectivity index (χ0) is 20.2. The van der Waals surface area contributed by atoms with Crippen LogP contribution in [0.25, 0.3) is 0 Å². The number of carbonyl (C=O) groups excluding carboxylic acids is 1. The van der Waals surface area contributed by atoms with Gasteiger partial charge >= 0.3 is 6.09 Å². The number of unbranched alkanes of at least 4 members (excludes halogenated alkanes) is 2. The van der Waals surface area contributed by atoms with Gasteiger partial charge in [0.2, 0.25) is 0 Å². The Kier molecular flexibility index (Phi) is 8.79. The van der Waals surface area contributed by atoms with Crippen molar-refractivity contribution < 1.29 is 9.53 Å². The highest BCUT2D eigenvalue weighted by atomic mass is 35.5. The molecule has 2 aromatic rings. The lowest BCUT2D eigenvalue weighted by Crippen LogP contribution is -2.14. The minimum atomic E-state index is -0.473. The molecule has 2 rings (SSSR count). The summed E-state index contributed by atoms with van der Waals surface area (Å²) in [5, 5.41) is 3.26. The van der Waals surface area contributed by atoms with E-state index in [1.807, 2.05) is 43.3 Å². The predicted octanol–water partition coefficient (Wildman–Crippen LogP) is 5.18. The molecule has 0 bridgehead atoms. The summed E-state index contributed by atoms with van der Waals surface area (Å²) < 4.78 is 5.13. The van der Waals surface area contributed by atoms with Crippen molar-refractivity contribution in [1.82, 2.24) is 0 Å². The molecule has 1 N–H and O–H groups in total. The van der Waals surface area contributed by atoms with Crippen LogP contribution in [0.1, 0.15) is 24.8 Å². The van der Waals surface area contributed by atoms with Gasteiger partial charge in [-0.15, -0.1) is 0 Å². The molecule has 0 saturated carbocycles. The first-order valence-electron chi connectivity index (χ1n) is 9.00. The fourth-order valence-corrected chi connectivity index (χ4v) is 2.35. The van der Waals surface area contributed by atoms with Crippen molar-refractivity contribution >= 4 is 29.1 Å². The lowest BCUT2D eigenvalue weighted by atomic mass is 10.2. The molecule has 0 fully saturated rings. The molecule has 0 aliphatic rings. The molecule has 0 aliphatic heterocycles. The maximum atomic E-state index is 11.6. The summed E-state index contributed by atoms with van der Waals surface area (Å²) in [4.78, 5) is 13.7. The normalized spacial score (nSPS) is 9.39. The summed E-state index contributed by atoms with van der Waals surface area (Å²) in [7, 11) is 4.01. The number of amides is 1. The smallest absolute Gasteiger partial charge is 0.411 e. The molecule has 0 spiro atoms. The van der Waals surface area contributed by atoms with E-state index in [2.05, 4.69) is 29.0 Å². The van der Waals surface area contributed by atoms with Crippen LogP contribution < -0.4 is 10.2 Å². The number of hydrogen-bond acceptors (Lipinski definition) is 3. The number of ether oxygens (including phenoxy) is 1. The molecule has 5 heteroatoms. The van der Waals surface area contributed by atoms with E-state index < -0.39 is 6.09 Å². The first kappa shape index (κ1) is 21.2. The van der Waals surface area contributed by atoms with Crippen molar-refractivity contribution in [2.45, 2.75) is 19.3 Å². The summed E-state index contributed by atoms with van der Waals surface area (Å²) in [6.07, 6.45) is 1.85. The third kappa shape index (κ3) is 8.08. The van der Waals surface area contributed by atoms with E-state index in [1.165, 1.54) is 0 Å². The van der Waals surface area contributed by atoms with Gasteiger partial charge in [0.1, 0.15) is 0 Å². The molecule has 2 aromatic carbocycles. The van der Waals surface area contributed by atoms with Gasteiger partial charge in [0.25, 0.3) is 0 Å². The van der Waals surface area contributed by atoms with E-state index in [0.717, 1.165) is 30.5 Å². The van der Waals surface area contributed by atoms with Gasteiger partial charge in [-0.3, -0.25) is 5.32 Å². The Morgan fingerprint density at radius 1 is 1.04 bits per heavy atom. The van der Waals surface area contributed by atoms with Crippen LogP contribution in [0.2, 0.25) is 5.02 Å². The minimum absolute atomic E-state index is 0.352. The maximum Gasteiger partial charge on any atom is 0.411 e. The van der Waals surface area contributed by atoms with Crippen LogP contribution in [0.3, 0.4) is 0 Å². The standard InChI is InChI=1S/C23H23ClN2O2/c1-26(2)22-16-10-19(11-17-22)9-7-5-3-4-6-8-18-28-23(27)25-21-14-12-20(24)13-15-21/h10-17H,4,6,8,18H2,1-2H3,(H,25,27). The molecule has 144 valence electrons. The van der Waals surface area contributed by atoms with Gasteiger partial charge in [-0.05, 0) is 73.2 Å². The summed E-state index contributed by atoms with van der Waals surface area (Å²) >= 11 is 5.79. The van der Waals surface area contributed by atoms with Crippen LogP contribution in [-0.2, 0) is 4.74 Å². The molecule has 1 amide bonds. The number of rotatable bonds is 6. The van der Waals surface area contributed by atoms with Crippen molar-refractivity contribution in [3.05, 3.63) is 59.1 Å². The van der Waals surface area contributed by atoms with Gasteiger partial charge in [-0.25, -0.2) is 4.79 Å². The van der Waals surface area contributed by atoms with Crippen LogP contribution in [0.4, 0.5) is 16.2 Å². The molecule has 0 aromatic heterocycles. The summed E-state index contributed by atoms with van der Waals surface area (Å²) in [5.41, 5.74) is 2.73. The van der Waals surface area contributed by atoms with Crippen LogP contribution in [0.5, 0.6) is 0 Å². The van der Waals surface area contributed by atoms with Crippen LogP contribution in [-0.4, -0.2) is 26.8 Å². The van der Waals surface area contributed by atoms with Gasteiger partial charge in [-0.2, -0.15) is 0 Å². The molecule has 0 atom stereocenters. The van der Waals surface area contributed by atoms with Crippen molar-refractivity contribution in [3.63, 3.8) is 0 Å². The first-order chi connectivity index (χ1) is 13.5. The highest BCUT2D eigenvalue weighted by Gasteiger charge is 2.02. The monoisotopic (exact) mass is 394 g/mol. The van der Waals surface area contributed by atoms with E-state index >= 15 is 0 Å². The Bertz CT molecular complexity index is 883. The fourth-order valence-electron chi connectivity index (χ4n) is 2.22. The summed E-state index contributed by atoms with van der Waals surface area (Å²) in [6, 6.07) is 14.9. The number of nitrogens with zero attached hydrogens (tertiary/aromatic N) is 1. The highest BCUT2D eigenvalue weighted by molar-refractivity contribution is 6.30. The highest BCUT2D eigenvalue weighted by Crippen LogP contribution is 2.13. The van der Waals surface area contributed by atoms with Gasteiger partial charge in [0.05, 0.1) is 6.61 Å². The molecule has 28 heavy (non-hydrogen) atoms. The van der Waals surface area contributed by atoms with Gasteiger partial charge < -0.3 is 9.64 Å². The van der Waals surface area contributed by atoms with E-state index in [9.17, 15) is 4.79 Å². The Morgan fingerprint density at radius 3 is 2.43 bits per heavy atom. The van der Waals surface area contributed by atoms with E-state index in [1.54, 1.807) is 24.3 Å². The molecule has 0 unspecified atom stereocenters. The zero-order valence-electron chi connectivity index (χ0n) is 16.1.